The van der Waals surface area contributed by atoms with Crippen molar-refractivity contribution in [2.24, 2.45) is 0 Å². The molecule has 0 radical (unpaired) electrons. The molecule has 0 saturated carbocycles. The van der Waals surface area contributed by atoms with Crippen molar-refractivity contribution in [1.82, 2.24) is 19.9 Å². The zero-order valence-electron chi connectivity index (χ0n) is 15.6. The van der Waals surface area contributed by atoms with E-state index in [1.165, 1.54) is 0 Å². The normalized spacial score (nSPS) is 11.1. The van der Waals surface area contributed by atoms with Crippen molar-refractivity contribution in [2.75, 3.05) is 0 Å². The number of benzene rings is 1. The van der Waals surface area contributed by atoms with Gasteiger partial charge in [-0.15, -0.1) is 0 Å². The predicted molar refractivity (Wildman–Crippen MR) is 107 cm³/mol. The van der Waals surface area contributed by atoms with Crippen molar-refractivity contribution < 1.29 is 9.21 Å². The first-order chi connectivity index (χ1) is 13.5. The molecule has 1 amide bonds. The Labute approximate surface area is 167 Å². The van der Waals surface area contributed by atoms with Crippen molar-refractivity contribution in [3.8, 4) is 0 Å². The monoisotopic (exact) mass is 394 g/mol. The summed E-state index contributed by atoms with van der Waals surface area (Å²) < 4.78 is 6.96. The van der Waals surface area contributed by atoms with Crippen LogP contribution in [0.4, 0.5) is 0 Å². The number of nitrogens with one attached hydrogen (secondary N) is 1. The molecule has 0 atom stereocenters. The maximum absolute atomic E-state index is 12.6. The van der Waals surface area contributed by atoms with E-state index in [-0.39, 0.29) is 5.91 Å². The van der Waals surface area contributed by atoms with Gasteiger partial charge in [0.05, 0.1) is 19.0 Å². The molecule has 142 valence electrons. The van der Waals surface area contributed by atoms with Gasteiger partial charge in [-0.2, -0.15) is 5.10 Å². The average molecular weight is 395 g/mol. The van der Waals surface area contributed by atoms with Crippen LogP contribution in [0.2, 0.25) is 5.02 Å². The summed E-state index contributed by atoms with van der Waals surface area (Å²) in [4.78, 5) is 17.3. The minimum Gasteiger partial charge on any atom is -0.467 e. The lowest BCUT2D eigenvalue weighted by molar-refractivity contribution is 0.0949. The molecule has 1 N–H and O–H groups in total. The molecule has 0 unspecified atom stereocenters. The van der Waals surface area contributed by atoms with E-state index in [2.05, 4.69) is 15.4 Å². The molecule has 0 bridgehead atoms. The highest BCUT2D eigenvalue weighted by Crippen LogP contribution is 2.21. The van der Waals surface area contributed by atoms with E-state index in [4.69, 9.17) is 16.0 Å². The maximum Gasteiger partial charge on any atom is 0.257 e. The molecule has 0 spiro atoms. The topological polar surface area (TPSA) is 72.4 Å². The number of amides is 1. The summed E-state index contributed by atoms with van der Waals surface area (Å²) in [5, 5.41) is 7.93. The van der Waals surface area contributed by atoms with Gasteiger partial charge >= 0.3 is 0 Å². The van der Waals surface area contributed by atoms with Crippen molar-refractivity contribution in [2.45, 2.75) is 26.8 Å². The third kappa shape index (κ3) is 3.51. The van der Waals surface area contributed by atoms with Crippen LogP contribution in [-0.4, -0.2) is 20.5 Å². The second-order valence-electron chi connectivity index (χ2n) is 6.62. The van der Waals surface area contributed by atoms with E-state index in [0.717, 1.165) is 22.5 Å². The Morgan fingerprint density at radius 3 is 2.86 bits per heavy atom. The molecule has 28 heavy (non-hydrogen) atoms. The van der Waals surface area contributed by atoms with Gasteiger partial charge < -0.3 is 9.73 Å². The van der Waals surface area contributed by atoms with Crippen molar-refractivity contribution in [3.63, 3.8) is 0 Å². The van der Waals surface area contributed by atoms with Gasteiger partial charge in [0.2, 0.25) is 0 Å². The number of aryl methyl sites for hydroxylation is 2. The lowest BCUT2D eigenvalue weighted by Crippen LogP contribution is -2.22. The molecular weight excluding hydrogens is 376 g/mol. The van der Waals surface area contributed by atoms with Crippen molar-refractivity contribution in [3.05, 3.63) is 87.7 Å². The molecule has 0 aliphatic carbocycles. The maximum atomic E-state index is 12.6. The van der Waals surface area contributed by atoms with Crippen LogP contribution in [0.25, 0.3) is 5.65 Å². The highest BCUT2D eigenvalue weighted by molar-refractivity contribution is 6.30. The standard InChI is InChI=1S/C21H19ClN4O2/c1-13-18(10-15-5-3-6-16(22)9-15)14(2)26-20(25-13)19(12-24-26)21(27)23-11-17-7-4-8-28-17/h3-9,12H,10-11H2,1-2H3,(H,23,27). The highest BCUT2D eigenvalue weighted by atomic mass is 35.5. The zero-order chi connectivity index (χ0) is 19.7. The largest absolute Gasteiger partial charge is 0.467 e. The molecule has 0 fully saturated rings. The zero-order valence-corrected chi connectivity index (χ0v) is 16.3. The first-order valence-electron chi connectivity index (χ1n) is 8.92. The van der Waals surface area contributed by atoms with Crippen LogP contribution in [0.3, 0.4) is 0 Å². The minimum absolute atomic E-state index is 0.236. The van der Waals surface area contributed by atoms with E-state index in [0.29, 0.717) is 35.0 Å². The fourth-order valence-electron chi connectivity index (χ4n) is 3.25. The summed E-state index contributed by atoms with van der Waals surface area (Å²) in [6.45, 7) is 4.25. The quantitative estimate of drug-likeness (QED) is 0.552. The number of hydrogen-bond acceptors (Lipinski definition) is 4. The lowest BCUT2D eigenvalue weighted by Gasteiger charge is -2.12. The first kappa shape index (κ1) is 18.3. The average Bonchev–Trinajstić information content (AvgIpc) is 3.33. The molecule has 0 aliphatic heterocycles. The second kappa shape index (κ2) is 7.48. The highest BCUT2D eigenvalue weighted by Gasteiger charge is 2.18. The summed E-state index contributed by atoms with van der Waals surface area (Å²) in [7, 11) is 0. The van der Waals surface area contributed by atoms with E-state index < -0.39 is 0 Å². The van der Waals surface area contributed by atoms with Gasteiger partial charge in [0.15, 0.2) is 5.65 Å². The number of fused-ring (bicyclic) bond motifs is 1. The number of rotatable bonds is 5. The lowest BCUT2D eigenvalue weighted by atomic mass is 10.0. The molecule has 7 heteroatoms. The van der Waals surface area contributed by atoms with Crippen LogP contribution in [-0.2, 0) is 13.0 Å². The fourth-order valence-corrected chi connectivity index (χ4v) is 3.47. The number of nitrogens with zero attached hydrogens (tertiary/aromatic N) is 3. The Balaban J connectivity index is 1.64. The Morgan fingerprint density at radius 2 is 2.11 bits per heavy atom. The summed E-state index contributed by atoms with van der Waals surface area (Å²) in [6, 6.07) is 11.4. The third-order valence-corrected chi connectivity index (χ3v) is 4.96. The summed E-state index contributed by atoms with van der Waals surface area (Å²) in [6.07, 6.45) is 3.82. The Hall–Kier alpha value is -3.12. The van der Waals surface area contributed by atoms with Gasteiger partial charge in [-0.3, -0.25) is 4.79 Å². The molecule has 3 heterocycles. The number of carbonyl (C=O) groups is 1. The van der Waals surface area contributed by atoms with Gasteiger partial charge in [-0.25, -0.2) is 9.50 Å². The summed E-state index contributed by atoms with van der Waals surface area (Å²) in [5.41, 5.74) is 4.97. The number of carbonyl (C=O) groups excluding carboxylic acids is 1. The molecule has 4 aromatic rings. The van der Waals surface area contributed by atoms with Crippen LogP contribution < -0.4 is 5.32 Å². The second-order valence-corrected chi connectivity index (χ2v) is 7.06. The summed E-state index contributed by atoms with van der Waals surface area (Å²) >= 11 is 6.11. The molecule has 6 nitrogen and oxygen atoms in total. The fraction of sp³-hybridized carbons (Fsp3) is 0.190. The smallest absolute Gasteiger partial charge is 0.257 e. The minimum atomic E-state index is -0.236. The van der Waals surface area contributed by atoms with Crippen molar-refractivity contribution in [1.29, 1.82) is 0 Å². The molecule has 0 aliphatic rings. The van der Waals surface area contributed by atoms with Crippen LogP contribution in [0.15, 0.2) is 53.3 Å². The van der Waals surface area contributed by atoms with Crippen LogP contribution in [0.5, 0.6) is 0 Å². The number of halogens is 1. The van der Waals surface area contributed by atoms with Gasteiger partial charge in [-0.05, 0) is 49.2 Å². The molecule has 1 aromatic carbocycles. The van der Waals surface area contributed by atoms with Crippen LogP contribution >= 0.6 is 11.6 Å². The molecular formula is C21H19ClN4O2. The molecule has 0 saturated heterocycles. The number of furan rings is 1. The predicted octanol–water partition coefficient (Wildman–Crippen LogP) is 4.11. The number of aromatic nitrogens is 3. The van der Waals surface area contributed by atoms with Crippen LogP contribution in [0.1, 0.15) is 38.6 Å². The Kier molecular flexibility index (Phi) is 4.88. The summed E-state index contributed by atoms with van der Waals surface area (Å²) in [5.74, 6) is 0.453. The van der Waals surface area contributed by atoms with E-state index >= 15 is 0 Å². The van der Waals surface area contributed by atoms with Gasteiger partial charge in [0, 0.05) is 22.8 Å². The Morgan fingerprint density at radius 1 is 1.25 bits per heavy atom. The van der Waals surface area contributed by atoms with Gasteiger partial charge in [-0.1, -0.05) is 23.7 Å². The van der Waals surface area contributed by atoms with Gasteiger partial charge in [0.25, 0.3) is 5.91 Å². The van der Waals surface area contributed by atoms with Crippen LogP contribution in [0, 0.1) is 13.8 Å². The van der Waals surface area contributed by atoms with Gasteiger partial charge in [0.1, 0.15) is 11.3 Å². The van der Waals surface area contributed by atoms with E-state index in [9.17, 15) is 4.79 Å². The first-order valence-corrected chi connectivity index (χ1v) is 9.29. The number of hydrogen-bond donors (Lipinski definition) is 1. The third-order valence-electron chi connectivity index (χ3n) is 4.73. The Bertz CT molecular complexity index is 1150. The SMILES string of the molecule is Cc1nc2c(C(=O)NCc3ccco3)cnn2c(C)c1Cc1cccc(Cl)c1. The van der Waals surface area contributed by atoms with Crippen molar-refractivity contribution >= 4 is 23.2 Å². The molecule has 4 rings (SSSR count). The van der Waals surface area contributed by atoms with E-state index in [1.54, 1.807) is 23.0 Å². The van der Waals surface area contributed by atoms with E-state index in [1.807, 2.05) is 44.2 Å². The molecule has 3 aromatic heterocycles.